The lowest BCUT2D eigenvalue weighted by Crippen LogP contribution is -2.45. The molecule has 11 heteroatoms. The number of hydrogen-bond donors (Lipinski definition) is 8. The Morgan fingerprint density at radius 3 is 1.42 bits per heavy atom. The molecule has 0 spiro atoms. The van der Waals surface area contributed by atoms with Crippen molar-refractivity contribution in [2.75, 3.05) is 19.8 Å². The monoisotopic (exact) mass is 422 g/mol. The highest BCUT2D eigenvalue weighted by Crippen LogP contribution is 2.41. The molecule has 26 heavy (non-hydrogen) atoms. The van der Waals surface area contributed by atoms with Crippen LogP contribution >= 0.6 is 17.2 Å². The minimum Gasteiger partial charge on any atom is -0.396 e. The van der Waals surface area contributed by atoms with E-state index < -0.39 is 48.5 Å². The molecule has 0 aliphatic heterocycles. The second-order valence-corrected chi connectivity index (χ2v) is 7.87. The van der Waals surface area contributed by atoms with Crippen molar-refractivity contribution in [1.82, 2.24) is 0 Å². The van der Waals surface area contributed by atoms with Crippen LogP contribution in [-0.4, -0.2) is 65.9 Å². The van der Waals surface area contributed by atoms with Crippen molar-refractivity contribution < 1.29 is 44.3 Å². The van der Waals surface area contributed by atoms with E-state index in [0.29, 0.717) is 6.42 Å². The zero-order chi connectivity index (χ0) is 20.4. The van der Waals surface area contributed by atoms with Crippen LogP contribution in [0.1, 0.15) is 64.7 Å². The van der Waals surface area contributed by atoms with Crippen LogP contribution in [0.25, 0.3) is 0 Å². The van der Waals surface area contributed by atoms with Gasteiger partial charge in [0, 0.05) is 0 Å². The van der Waals surface area contributed by atoms with Crippen molar-refractivity contribution in [1.29, 1.82) is 0 Å². The minimum atomic E-state index is -2.61. The summed E-state index contributed by atoms with van der Waals surface area (Å²) in [5.41, 5.74) is -1.15. The van der Waals surface area contributed by atoms with E-state index in [1.54, 1.807) is 0 Å². The summed E-state index contributed by atoms with van der Waals surface area (Å²) in [6.07, 6.45) is 9.18. The number of unbranched alkanes of at least 4 members (excludes halogenated alkanes) is 7. The summed E-state index contributed by atoms with van der Waals surface area (Å²) in [6.45, 7) is 1.03. The van der Waals surface area contributed by atoms with E-state index in [0.717, 1.165) is 12.8 Å². The molecule has 0 aromatic heterocycles. The van der Waals surface area contributed by atoms with Crippen LogP contribution in [0, 0.1) is 5.41 Å². The molecule has 0 aromatic rings. The lowest BCUT2D eigenvalue weighted by atomic mass is 9.82. The Kier molecular flexibility index (Phi) is 20.8. The SMILES string of the molecule is CCCCCCCCCCC(O)C(CO)(CO)CO.OP(O)OP(O)O. The first-order valence-electron chi connectivity index (χ1n) is 8.84. The number of hydrogen-bond acceptors (Lipinski definition) is 9. The molecule has 1 atom stereocenters. The highest BCUT2D eigenvalue weighted by atomic mass is 31.2. The maximum Gasteiger partial charge on any atom is 0.334 e. The van der Waals surface area contributed by atoms with Crippen LogP contribution in [0.2, 0.25) is 0 Å². The van der Waals surface area contributed by atoms with E-state index >= 15 is 0 Å². The third-order valence-electron chi connectivity index (χ3n) is 4.13. The molecular formula is C15H36O9P2. The van der Waals surface area contributed by atoms with Crippen molar-refractivity contribution in [2.45, 2.75) is 70.8 Å². The fraction of sp³-hybridized carbons (Fsp3) is 1.00. The van der Waals surface area contributed by atoms with E-state index in [1.165, 1.54) is 38.5 Å². The Bertz CT molecular complexity index is 278. The largest absolute Gasteiger partial charge is 0.396 e. The molecular weight excluding hydrogens is 386 g/mol. The minimum absolute atomic E-state index is 0.391. The van der Waals surface area contributed by atoms with Gasteiger partial charge in [0.1, 0.15) is 0 Å². The van der Waals surface area contributed by atoms with Gasteiger partial charge in [0.2, 0.25) is 0 Å². The van der Waals surface area contributed by atoms with Crippen molar-refractivity contribution in [3.8, 4) is 0 Å². The van der Waals surface area contributed by atoms with Crippen LogP contribution in [-0.2, 0) is 4.31 Å². The third kappa shape index (κ3) is 15.5. The molecule has 0 amide bonds. The fourth-order valence-corrected chi connectivity index (χ4v) is 2.83. The van der Waals surface area contributed by atoms with Crippen LogP contribution < -0.4 is 0 Å². The van der Waals surface area contributed by atoms with E-state index in [2.05, 4.69) is 11.2 Å². The van der Waals surface area contributed by atoms with E-state index in [9.17, 15) is 20.4 Å². The second kappa shape index (κ2) is 18.8. The first kappa shape index (κ1) is 28.7. The maximum absolute atomic E-state index is 9.95. The summed E-state index contributed by atoms with van der Waals surface area (Å²) in [6, 6.07) is 0. The molecule has 0 aliphatic rings. The molecule has 0 aliphatic carbocycles. The van der Waals surface area contributed by atoms with Crippen LogP contribution in [0.5, 0.6) is 0 Å². The van der Waals surface area contributed by atoms with Gasteiger partial charge in [-0.3, -0.25) is 0 Å². The molecule has 8 N–H and O–H groups in total. The highest BCUT2D eigenvalue weighted by molar-refractivity contribution is 7.53. The zero-order valence-electron chi connectivity index (χ0n) is 15.4. The first-order chi connectivity index (χ1) is 12.3. The van der Waals surface area contributed by atoms with Crippen LogP contribution in [0.3, 0.4) is 0 Å². The fourth-order valence-electron chi connectivity index (χ4n) is 2.31. The molecule has 0 radical (unpaired) electrons. The molecule has 0 fully saturated rings. The summed E-state index contributed by atoms with van der Waals surface area (Å²) in [7, 11) is -5.22. The Morgan fingerprint density at radius 2 is 1.12 bits per heavy atom. The van der Waals surface area contributed by atoms with Crippen LogP contribution in [0.15, 0.2) is 0 Å². The van der Waals surface area contributed by atoms with Gasteiger partial charge in [-0.1, -0.05) is 58.3 Å². The van der Waals surface area contributed by atoms with E-state index in [4.69, 9.17) is 19.6 Å². The summed E-state index contributed by atoms with van der Waals surface area (Å²) in [5, 5.41) is 37.5. The number of aliphatic hydroxyl groups is 4. The average Bonchev–Trinajstić information content (AvgIpc) is 2.58. The Labute approximate surface area is 158 Å². The molecule has 0 saturated heterocycles. The van der Waals surface area contributed by atoms with Gasteiger partial charge >= 0.3 is 17.2 Å². The molecule has 1 unspecified atom stereocenters. The van der Waals surface area contributed by atoms with Crippen molar-refractivity contribution >= 4 is 17.2 Å². The standard InChI is InChI=1S/C15H32O4.H4O5P2/c1-2-3-4-5-6-7-8-9-10-14(19)15(11-16,12-17)13-18;1-6(2)5-7(3)4/h14,16-19H,2-13H2,1H3;1-4H. The summed E-state index contributed by atoms with van der Waals surface area (Å²) in [4.78, 5) is 31.3. The molecule has 9 nitrogen and oxygen atoms in total. The summed E-state index contributed by atoms with van der Waals surface area (Å²) < 4.78 is 3.60. The maximum atomic E-state index is 9.95. The topological polar surface area (TPSA) is 171 Å². The molecule has 160 valence electrons. The van der Waals surface area contributed by atoms with Crippen LogP contribution in [0.4, 0.5) is 0 Å². The predicted molar refractivity (Wildman–Crippen MR) is 101 cm³/mol. The van der Waals surface area contributed by atoms with Gasteiger partial charge in [-0.15, -0.1) is 0 Å². The molecule has 0 saturated carbocycles. The smallest absolute Gasteiger partial charge is 0.334 e. The Hall–Kier alpha value is 0.500. The highest BCUT2D eigenvalue weighted by Gasteiger charge is 2.35. The molecule has 0 aromatic carbocycles. The lowest BCUT2D eigenvalue weighted by Gasteiger charge is -2.32. The Morgan fingerprint density at radius 1 is 0.731 bits per heavy atom. The lowest BCUT2D eigenvalue weighted by molar-refractivity contribution is -0.0863. The van der Waals surface area contributed by atoms with Gasteiger partial charge < -0.3 is 40.0 Å². The number of aliphatic hydroxyl groups excluding tert-OH is 4. The first-order valence-corrected chi connectivity index (χ1v) is 11.2. The van der Waals surface area contributed by atoms with Crippen molar-refractivity contribution in [2.24, 2.45) is 5.41 Å². The van der Waals surface area contributed by atoms with E-state index in [-0.39, 0.29) is 0 Å². The molecule has 0 rings (SSSR count). The number of rotatable bonds is 15. The van der Waals surface area contributed by atoms with Gasteiger partial charge in [0.05, 0.1) is 31.3 Å². The summed E-state index contributed by atoms with van der Waals surface area (Å²) in [5.74, 6) is 0. The van der Waals surface area contributed by atoms with Crippen molar-refractivity contribution in [3.05, 3.63) is 0 Å². The molecule has 0 heterocycles. The Balaban J connectivity index is 0. The van der Waals surface area contributed by atoms with Gasteiger partial charge in [-0.2, -0.15) is 0 Å². The average molecular weight is 422 g/mol. The predicted octanol–water partition coefficient (Wildman–Crippen LogP) is 1.27. The van der Waals surface area contributed by atoms with Gasteiger partial charge in [-0.25, -0.2) is 4.31 Å². The van der Waals surface area contributed by atoms with Gasteiger partial charge in [0.25, 0.3) is 0 Å². The van der Waals surface area contributed by atoms with Gasteiger partial charge in [-0.05, 0) is 6.42 Å². The second-order valence-electron chi connectivity index (χ2n) is 6.20. The quantitative estimate of drug-likeness (QED) is 0.143. The summed E-state index contributed by atoms with van der Waals surface area (Å²) >= 11 is 0. The van der Waals surface area contributed by atoms with E-state index in [1.807, 2.05) is 0 Å². The van der Waals surface area contributed by atoms with Gasteiger partial charge in [0.15, 0.2) is 0 Å². The van der Waals surface area contributed by atoms with Crippen molar-refractivity contribution in [3.63, 3.8) is 0 Å². The zero-order valence-corrected chi connectivity index (χ0v) is 17.2. The normalized spacial score (nSPS) is 13.0. The molecule has 0 bridgehead atoms. The third-order valence-corrected chi connectivity index (χ3v) is 5.30.